The third-order valence-electron chi connectivity index (χ3n) is 2.75. The molecule has 7 heteroatoms. The zero-order valence-electron chi connectivity index (χ0n) is 11.3. The molecule has 2 N–H and O–H groups in total. The molecule has 0 saturated heterocycles. The van der Waals surface area contributed by atoms with Gasteiger partial charge in [-0.3, -0.25) is 20.4 Å². The molecule has 0 atom stereocenters. The van der Waals surface area contributed by atoms with Crippen molar-refractivity contribution in [1.29, 1.82) is 0 Å². The number of rotatable bonds is 2. The molecule has 0 radical (unpaired) electrons. The molecule has 2 aromatic rings. The molecule has 2 amide bonds. The molecule has 110 valence electrons. The summed E-state index contributed by atoms with van der Waals surface area (Å²) in [5, 5.41) is 0. The molecule has 5 nitrogen and oxygen atoms in total. The molecule has 0 aliphatic carbocycles. The first-order valence-electron chi connectivity index (χ1n) is 6.01. The smallest absolute Gasteiger partial charge is 0.273 e. The Morgan fingerprint density at radius 1 is 1.00 bits per heavy atom. The molecular formula is C14H12F2N2O3. The van der Waals surface area contributed by atoms with Crippen LogP contribution in [0, 0.1) is 25.5 Å². The highest BCUT2D eigenvalue weighted by atomic mass is 19.1. The minimum absolute atomic E-state index is 0.243. The van der Waals surface area contributed by atoms with Crippen molar-refractivity contribution in [2.75, 3.05) is 0 Å². The van der Waals surface area contributed by atoms with Gasteiger partial charge in [0.05, 0.1) is 11.1 Å². The highest BCUT2D eigenvalue weighted by molar-refractivity contribution is 5.99. The van der Waals surface area contributed by atoms with Crippen LogP contribution in [0.1, 0.15) is 32.2 Å². The van der Waals surface area contributed by atoms with E-state index in [-0.39, 0.29) is 5.56 Å². The Balaban J connectivity index is 2.06. The van der Waals surface area contributed by atoms with Gasteiger partial charge in [-0.2, -0.15) is 0 Å². The molecule has 2 rings (SSSR count). The minimum Gasteiger partial charge on any atom is -0.466 e. The van der Waals surface area contributed by atoms with Gasteiger partial charge in [-0.25, -0.2) is 8.78 Å². The van der Waals surface area contributed by atoms with Crippen LogP contribution in [-0.4, -0.2) is 11.8 Å². The third kappa shape index (κ3) is 3.25. The number of benzene rings is 1. The first-order chi connectivity index (χ1) is 9.88. The van der Waals surface area contributed by atoms with Crippen LogP contribution in [0.15, 0.2) is 28.7 Å². The maximum absolute atomic E-state index is 13.4. The van der Waals surface area contributed by atoms with E-state index >= 15 is 0 Å². The largest absolute Gasteiger partial charge is 0.466 e. The average molecular weight is 294 g/mol. The van der Waals surface area contributed by atoms with E-state index in [9.17, 15) is 18.4 Å². The lowest BCUT2D eigenvalue weighted by atomic mass is 10.2. The van der Waals surface area contributed by atoms with Crippen molar-refractivity contribution in [2.24, 2.45) is 0 Å². The second-order valence-electron chi connectivity index (χ2n) is 4.36. The predicted octanol–water partition coefficient (Wildman–Crippen LogP) is 2.25. The molecule has 21 heavy (non-hydrogen) atoms. The SMILES string of the molecule is Cc1cc(C(=O)NNC(=O)c2cc(F)ccc2F)c(C)o1. The maximum atomic E-state index is 13.4. The molecule has 0 saturated carbocycles. The summed E-state index contributed by atoms with van der Waals surface area (Å²) in [5.41, 5.74) is 3.86. The number of carbonyl (C=O) groups excluding carboxylic acids is 2. The van der Waals surface area contributed by atoms with Crippen molar-refractivity contribution >= 4 is 11.8 Å². The van der Waals surface area contributed by atoms with Crippen molar-refractivity contribution in [2.45, 2.75) is 13.8 Å². The number of carbonyl (C=O) groups is 2. The van der Waals surface area contributed by atoms with E-state index in [4.69, 9.17) is 4.42 Å². The Morgan fingerprint density at radius 3 is 2.19 bits per heavy atom. The second kappa shape index (κ2) is 5.74. The fourth-order valence-electron chi connectivity index (χ4n) is 1.78. The summed E-state index contributed by atoms with van der Waals surface area (Å²) < 4.78 is 31.5. The van der Waals surface area contributed by atoms with Gasteiger partial charge in [0.15, 0.2) is 0 Å². The van der Waals surface area contributed by atoms with Crippen LogP contribution in [0.4, 0.5) is 8.78 Å². The Kier molecular flexibility index (Phi) is 4.02. The Morgan fingerprint density at radius 2 is 1.62 bits per heavy atom. The average Bonchev–Trinajstić information content (AvgIpc) is 2.77. The summed E-state index contributed by atoms with van der Waals surface area (Å²) in [6.07, 6.45) is 0. The number of halogens is 2. The number of nitrogens with one attached hydrogen (secondary N) is 2. The summed E-state index contributed by atoms with van der Waals surface area (Å²) in [7, 11) is 0. The van der Waals surface area contributed by atoms with Crippen molar-refractivity contribution in [3.63, 3.8) is 0 Å². The van der Waals surface area contributed by atoms with E-state index in [0.29, 0.717) is 11.5 Å². The molecule has 0 fully saturated rings. The number of aryl methyl sites for hydroxylation is 2. The summed E-state index contributed by atoms with van der Waals surface area (Å²) in [4.78, 5) is 23.5. The van der Waals surface area contributed by atoms with Gasteiger partial charge in [0.25, 0.3) is 11.8 Å². The van der Waals surface area contributed by atoms with E-state index in [1.54, 1.807) is 13.8 Å². The fourth-order valence-corrected chi connectivity index (χ4v) is 1.78. The zero-order valence-corrected chi connectivity index (χ0v) is 11.3. The van der Waals surface area contributed by atoms with Crippen molar-refractivity contribution in [3.05, 3.63) is 58.5 Å². The van der Waals surface area contributed by atoms with Crippen molar-refractivity contribution in [3.8, 4) is 0 Å². The summed E-state index contributed by atoms with van der Waals surface area (Å²) in [6.45, 7) is 3.26. The van der Waals surface area contributed by atoms with Gasteiger partial charge < -0.3 is 4.42 Å². The van der Waals surface area contributed by atoms with Crippen LogP contribution < -0.4 is 10.9 Å². The molecule has 1 aromatic heterocycles. The third-order valence-corrected chi connectivity index (χ3v) is 2.75. The molecule has 0 unspecified atom stereocenters. The highest BCUT2D eigenvalue weighted by Gasteiger charge is 2.16. The van der Waals surface area contributed by atoms with Gasteiger partial charge in [-0.05, 0) is 38.1 Å². The van der Waals surface area contributed by atoms with Gasteiger partial charge in [0.1, 0.15) is 23.2 Å². The molecule has 0 spiro atoms. The number of hydrazine groups is 1. The molecule has 1 heterocycles. The number of furan rings is 1. The van der Waals surface area contributed by atoms with Crippen LogP contribution in [-0.2, 0) is 0 Å². The molecule has 0 bridgehead atoms. The van der Waals surface area contributed by atoms with Gasteiger partial charge in [0, 0.05) is 0 Å². The maximum Gasteiger partial charge on any atom is 0.273 e. The highest BCUT2D eigenvalue weighted by Crippen LogP contribution is 2.13. The van der Waals surface area contributed by atoms with Crippen molar-refractivity contribution in [1.82, 2.24) is 10.9 Å². The van der Waals surface area contributed by atoms with Crippen LogP contribution in [0.5, 0.6) is 0 Å². The number of amides is 2. The normalized spacial score (nSPS) is 10.3. The topological polar surface area (TPSA) is 71.3 Å². The Hall–Kier alpha value is -2.70. The number of hydrogen-bond donors (Lipinski definition) is 2. The van der Waals surface area contributed by atoms with Crippen LogP contribution in [0.25, 0.3) is 0 Å². The molecule has 0 aliphatic rings. The van der Waals surface area contributed by atoms with Gasteiger partial charge >= 0.3 is 0 Å². The predicted molar refractivity (Wildman–Crippen MR) is 69.5 cm³/mol. The van der Waals surface area contributed by atoms with Crippen LogP contribution in [0.3, 0.4) is 0 Å². The van der Waals surface area contributed by atoms with E-state index in [2.05, 4.69) is 5.43 Å². The lowest BCUT2D eigenvalue weighted by molar-refractivity contribution is 0.0843. The molecule has 0 aliphatic heterocycles. The van der Waals surface area contributed by atoms with E-state index in [0.717, 1.165) is 18.2 Å². The Bertz CT molecular complexity index is 710. The monoisotopic (exact) mass is 294 g/mol. The standard InChI is InChI=1S/C14H12F2N2O3/c1-7-5-10(8(2)21-7)13(19)17-18-14(20)11-6-9(15)3-4-12(11)16/h3-6H,1-2H3,(H,17,19)(H,18,20). The lowest BCUT2D eigenvalue weighted by Crippen LogP contribution is -2.42. The quantitative estimate of drug-likeness (QED) is 0.834. The minimum atomic E-state index is -0.960. The van der Waals surface area contributed by atoms with Crippen molar-refractivity contribution < 1.29 is 22.8 Å². The second-order valence-corrected chi connectivity index (χ2v) is 4.36. The van der Waals surface area contributed by atoms with Gasteiger partial charge in [-0.1, -0.05) is 0 Å². The fraction of sp³-hybridized carbons (Fsp3) is 0.143. The molecular weight excluding hydrogens is 282 g/mol. The Labute approximate surface area is 118 Å². The zero-order chi connectivity index (χ0) is 15.6. The first kappa shape index (κ1) is 14.7. The van der Waals surface area contributed by atoms with Crippen LogP contribution in [0.2, 0.25) is 0 Å². The first-order valence-corrected chi connectivity index (χ1v) is 6.01. The van der Waals surface area contributed by atoms with Gasteiger partial charge in [-0.15, -0.1) is 0 Å². The van der Waals surface area contributed by atoms with Crippen LogP contribution >= 0.6 is 0 Å². The van der Waals surface area contributed by atoms with E-state index in [1.165, 1.54) is 6.07 Å². The van der Waals surface area contributed by atoms with E-state index in [1.807, 2.05) is 5.43 Å². The summed E-state index contributed by atoms with van der Waals surface area (Å²) in [5.74, 6) is -2.29. The molecule has 1 aromatic carbocycles. The van der Waals surface area contributed by atoms with E-state index < -0.39 is 29.0 Å². The van der Waals surface area contributed by atoms with Gasteiger partial charge in [0.2, 0.25) is 0 Å². The summed E-state index contributed by atoms with van der Waals surface area (Å²) in [6, 6.07) is 3.96. The lowest BCUT2D eigenvalue weighted by Gasteiger charge is -2.07. The number of hydrogen-bond acceptors (Lipinski definition) is 3. The summed E-state index contributed by atoms with van der Waals surface area (Å²) >= 11 is 0.